The van der Waals surface area contributed by atoms with Gasteiger partial charge in [-0.05, 0) is 23.3 Å². The lowest BCUT2D eigenvalue weighted by Crippen LogP contribution is -2.30. The first-order chi connectivity index (χ1) is 13.5. The predicted octanol–water partition coefficient (Wildman–Crippen LogP) is 4.66. The van der Waals surface area contributed by atoms with Crippen molar-refractivity contribution in [2.24, 2.45) is 0 Å². The molecule has 0 heterocycles. The molecule has 6 heteroatoms. The number of sulfonamides is 1. The van der Waals surface area contributed by atoms with Crippen LogP contribution in [0.25, 0.3) is 0 Å². The number of benzene rings is 3. The van der Waals surface area contributed by atoms with Crippen LogP contribution < -0.4 is 0 Å². The number of hydrogen-bond donors (Lipinski definition) is 0. The molecule has 0 aliphatic heterocycles. The molecule has 0 aromatic heterocycles. The highest BCUT2D eigenvalue weighted by atomic mass is 79.9. The Kier molecular flexibility index (Phi) is 6.78. The molecule has 0 aliphatic carbocycles. The Morgan fingerprint density at radius 3 is 1.64 bits per heavy atom. The Bertz CT molecular complexity index is 979. The summed E-state index contributed by atoms with van der Waals surface area (Å²) in [6.45, 7) is 0.528. The highest BCUT2D eigenvalue weighted by Gasteiger charge is 2.25. The third-order valence-electron chi connectivity index (χ3n) is 4.34. The van der Waals surface area contributed by atoms with Gasteiger partial charge in [0.2, 0.25) is 10.0 Å². The maximum atomic E-state index is 13.3. The molecule has 0 amide bonds. The Balaban J connectivity index is 1.94. The van der Waals surface area contributed by atoms with Crippen LogP contribution in [0.2, 0.25) is 0 Å². The van der Waals surface area contributed by atoms with E-state index in [-0.39, 0.29) is 29.1 Å². The SMILES string of the molecule is O=C(CBr)c1ccc(S(=O)(=O)N(Cc2ccccc2)Cc2ccccc2)cc1. The molecule has 4 nitrogen and oxygen atoms in total. The smallest absolute Gasteiger partial charge is 0.243 e. The minimum absolute atomic E-state index is 0.0885. The Hall–Kier alpha value is -2.28. The summed E-state index contributed by atoms with van der Waals surface area (Å²) in [5, 5.41) is 0.202. The lowest BCUT2D eigenvalue weighted by atomic mass is 10.2. The Labute approximate surface area is 174 Å². The van der Waals surface area contributed by atoms with Crippen molar-refractivity contribution in [2.75, 3.05) is 5.33 Å². The van der Waals surface area contributed by atoms with Crippen molar-refractivity contribution in [3.8, 4) is 0 Å². The third kappa shape index (κ3) is 4.95. The fourth-order valence-corrected chi connectivity index (χ4v) is 4.58. The van der Waals surface area contributed by atoms with Crippen LogP contribution in [0.15, 0.2) is 89.8 Å². The number of rotatable bonds is 8. The topological polar surface area (TPSA) is 54.5 Å². The molecule has 0 radical (unpaired) electrons. The number of halogens is 1. The molecule has 28 heavy (non-hydrogen) atoms. The van der Waals surface area contributed by atoms with Crippen LogP contribution in [0.3, 0.4) is 0 Å². The fraction of sp³-hybridized carbons (Fsp3) is 0.136. The number of ketones is 1. The Morgan fingerprint density at radius 2 is 1.21 bits per heavy atom. The molecule has 0 saturated heterocycles. The average Bonchev–Trinajstić information content (AvgIpc) is 2.74. The van der Waals surface area contributed by atoms with Crippen LogP contribution in [0.5, 0.6) is 0 Å². The summed E-state index contributed by atoms with van der Waals surface area (Å²) in [5.74, 6) is -0.0885. The van der Waals surface area contributed by atoms with Gasteiger partial charge in [-0.1, -0.05) is 88.7 Å². The zero-order chi connectivity index (χ0) is 20.0. The van der Waals surface area contributed by atoms with Gasteiger partial charge < -0.3 is 0 Å². The lowest BCUT2D eigenvalue weighted by Gasteiger charge is -2.23. The molecule has 0 spiro atoms. The van der Waals surface area contributed by atoms with Gasteiger partial charge in [0.15, 0.2) is 5.78 Å². The van der Waals surface area contributed by atoms with E-state index < -0.39 is 10.0 Å². The molecule has 0 N–H and O–H groups in total. The van der Waals surface area contributed by atoms with Crippen LogP contribution in [-0.2, 0) is 23.1 Å². The van der Waals surface area contributed by atoms with E-state index in [1.54, 1.807) is 12.1 Å². The van der Waals surface area contributed by atoms with E-state index in [2.05, 4.69) is 15.9 Å². The number of hydrogen-bond acceptors (Lipinski definition) is 3. The van der Waals surface area contributed by atoms with E-state index >= 15 is 0 Å². The molecule has 0 bridgehead atoms. The van der Waals surface area contributed by atoms with Crippen LogP contribution in [-0.4, -0.2) is 23.8 Å². The molecule has 3 aromatic carbocycles. The summed E-state index contributed by atoms with van der Waals surface area (Å²) in [6, 6.07) is 25.1. The predicted molar refractivity (Wildman–Crippen MR) is 114 cm³/mol. The monoisotopic (exact) mass is 457 g/mol. The molecule has 0 atom stereocenters. The van der Waals surface area contributed by atoms with E-state index in [1.165, 1.54) is 16.4 Å². The number of Topliss-reactive ketones (excluding diaryl/α,β-unsaturated/α-hetero) is 1. The minimum Gasteiger partial charge on any atom is -0.293 e. The number of alkyl halides is 1. The summed E-state index contributed by atoms with van der Waals surface area (Å²) in [4.78, 5) is 12.0. The van der Waals surface area contributed by atoms with E-state index in [0.717, 1.165) is 11.1 Å². The summed E-state index contributed by atoms with van der Waals surface area (Å²) in [6.07, 6.45) is 0. The van der Waals surface area contributed by atoms with E-state index in [4.69, 9.17) is 0 Å². The summed E-state index contributed by atoms with van der Waals surface area (Å²) >= 11 is 3.13. The number of nitrogens with zero attached hydrogens (tertiary/aromatic N) is 1. The van der Waals surface area contributed by atoms with Crippen LogP contribution >= 0.6 is 15.9 Å². The van der Waals surface area contributed by atoms with Gasteiger partial charge in [0.25, 0.3) is 0 Å². The van der Waals surface area contributed by atoms with Crippen LogP contribution in [0.4, 0.5) is 0 Å². The first-order valence-corrected chi connectivity index (χ1v) is 11.3. The molecule has 0 fully saturated rings. The fourth-order valence-electron chi connectivity index (χ4n) is 2.84. The van der Waals surface area contributed by atoms with Gasteiger partial charge in [0.1, 0.15) is 0 Å². The molecule has 0 saturated carbocycles. The third-order valence-corrected chi connectivity index (χ3v) is 6.65. The second-order valence-corrected chi connectivity index (χ2v) is 8.82. The zero-order valence-corrected chi connectivity index (χ0v) is 17.6. The first kappa shape index (κ1) is 20.5. The molecule has 3 aromatic rings. The van der Waals surface area contributed by atoms with Crippen molar-refractivity contribution in [1.82, 2.24) is 4.31 Å². The summed E-state index contributed by atoms with van der Waals surface area (Å²) in [7, 11) is -3.74. The Morgan fingerprint density at radius 1 is 0.750 bits per heavy atom. The highest BCUT2D eigenvalue weighted by Crippen LogP contribution is 2.22. The van der Waals surface area contributed by atoms with Crippen LogP contribution in [0.1, 0.15) is 21.5 Å². The second-order valence-electron chi connectivity index (χ2n) is 6.33. The van der Waals surface area contributed by atoms with Gasteiger partial charge >= 0.3 is 0 Å². The van der Waals surface area contributed by atoms with Crippen molar-refractivity contribution in [3.63, 3.8) is 0 Å². The van der Waals surface area contributed by atoms with Crippen molar-refractivity contribution in [2.45, 2.75) is 18.0 Å². The van der Waals surface area contributed by atoms with Crippen molar-refractivity contribution < 1.29 is 13.2 Å². The molecule has 0 aliphatic rings. The number of carbonyl (C=O) groups is 1. The quantitative estimate of drug-likeness (QED) is 0.365. The molecular formula is C22H20BrNO3S. The molecular weight excluding hydrogens is 438 g/mol. The van der Waals surface area contributed by atoms with Gasteiger partial charge in [0, 0.05) is 18.7 Å². The van der Waals surface area contributed by atoms with E-state index in [9.17, 15) is 13.2 Å². The lowest BCUT2D eigenvalue weighted by molar-refractivity contribution is 0.102. The van der Waals surface area contributed by atoms with Crippen molar-refractivity contribution in [1.29, 1.82) is 0 Å². The summed E-state index contributed by atoms with van der Waals surface area (Å²) < 4.78 is 28.1. The second kappa shape index (κ2) is 9.28. The standard InChI is InChI=1S/C22H20BrNO3S/c23-15-22(25)20-11-13-21(14-12-20)28(26,27)24(16-18-7-3-1-4-8-18)17-19-9-5-2-6-10-19/h1-14H,15-17H2. The zero-order valence-electron chi connectivity index (χ0n) is 15.2. The average molecular weight is 458 g/mol. The van der Waals surface area contributed by atoms with E-state index in [1.807, 2.05) is 60.7 Å². The van der Waals surface area contributed by atoms with Gasteiger partial charge in [-0.15, -0.1) is 0 Å². The summed E-state index contributed by atoms with van der Waals surface area (Å²) in [5.41, 5.74) is 2.30. The number of carbonyl (C=O) groups excluding carboxylic acids is 1. The van der Waals surface area contributed by atoms with Crippen LogP contribution in [0, 0.1) is 0 Å². The first-order valence-electron chi connectivity index (χ1n) is 8.78. The molecule has 3 rings (SSSR count). The minimum atomic E-state index is -3.74. The van der Waals surface area contributed by atoms with Crippen molar-refractivity contribution >= 4 is 31.7 Å². The van der Waals surface area contributed by atoms with Gasteiger partial charge in [0.05, 0.1) is 10.2 Å². The van der Waals surface area contributed by atoms with E-state index in [0.29, 0.717) is 5.56 Å². The largest absolute Gasteiger partial charge is 0.293 e. The maximum absolute atomic E-state index is 13.3. The normalized spacial score (nSPS) is 11.5. The maximum Gasteiger partial charge on any atom is 0.243 e. The van der Waals surface area contributed by atoms with Crippen molar-refractivity contribution in [3.05, 3.63) is 102 Å². The molecule has 144 valence electrons. The van der Waals surface area contributed by atoms with Gasteiger partial charge in [-0.3, -0.25) is 4.79 Å². The van der Waals surface area contributed by atoms with Gasteiger partial charge in [-0.2, -0.15) is 4.31 Å². The molecule has 0 unspecified atom stereocenters. The van der Waals surface area contributed by atoms with Gasteiger partial charge in [-0.25, -0.2) is 8.42 Å². The highest BCUT2D eigenvalue weighted by molar-refractivity contribution is 9.09.